The number of carbonyl (C=O) groups excluding carboxylic acids is 1. The number of nitrogens with zero attached hydrogens (tertiary/aromatic N) is 1. The maximum atomic E-state index is 11.7. The molecule has 0 aromatic rings. The van der Waals surface area contributed by atoms with Gasteiger partial charge in [0.1, 0.15) is 0 Å². The second-order valence-electron chi connectivity index (χ2n) is 4.25. The molecule has 0 aromatic heterocycles. The highest BCUT2D eigenvalue weighted by atomic mass is 16.2. The zero-order chi connectivity index (χ0) is 11.1. The number of rotatable bonds is 5. The molecule has 1 atom stereocenters. The summed E-state index contributed by atoms with van der Waals surface area (Å²) in [7, 11) is 0. The van der Waals surface area contributed by atoms with E-state index >= 15 is 0 Å². The first-order valence-electron chi connectivity index (χ1n) is 6.29. The van der Waals surface area contributed by atoms with Gasteiger partial charge in [0.2, 0.25) is 5.91 Å². The van der Waals surface area contributed by atoms with Crippen LogP contribution in [0.5, 0.6) is 0 Å². The van der Waals surface area contributed by atoms with Crippen molar-refractivity contribution in [3.8, 4) is 0 Å². The molecule has 0 bridgehead atoms. The summed E-state index contributed by atoms with van der Waals surface area (Å²) in [5.74, 6) is 0.312. The highest BCUT2D eigenvalue weighted by Crippen LogP contribution is 2.12. The zero-order valence-corrected chi connectivity index (χ0v) is 10.1. The summed E-state index contributed by atoms with van der Waals surface area (Å²) < 4.78 is 0. The Hall–Kier alpha value is -0.570. The smallest absolute Gasteiger partial charge is 0.222 e. The predicted molar refractivity (Wildman–Crippen MR) is 62.8 cm³/mol. The molecule has 1 fully saturated rings. The number of nitrogens with one attached hydrogen (secondary N) is 1. The Labute approximate surface area is 93.2 Å². The molecule has 1 amide bonds. The largest absolute Gasteiger partial charge is 0.343 e. The van der Waals surface area contributed by atoms with Gasteiger partial charge in [-0.05, 0) is 39.7 Å². The van der Waals surface area contributed by atoms with Gasteiger partial charge in [0.25, 0.3) is 0 Å². The molecule has 1 rings (SSSR count). The van der Waals surface area contributed by atoms with Crippen LogP contribution in [0, 0.1) is 0 Å². The van der Waals surface area contributed by atoms with Gasteiger partial charge in [0, 0.05) is 25.6 Å². The van der Waals surface area contributed by atoms with Gasteiger partial charge in [-0.2, -0.15) is 0 Å². The molecule has 15 heavy (non-hydrogen) atoms. The molecule has 0 saturated carbocycles. The fourth-order valence-electron chi connectivity index (χ4n) is 2.20. The third-order valence-electron chi connectivity index (χ3n) is 3.24. The van der Waals surface area contributed by atoms with Crippen LogP contribution >= 0.6 is 0 Å². The Morgan fingerprint density at radius 2 is 2.07 bits per heavy atom. The minimum atomic E-state index is 0.312. The first kappa shape index (κ1) is 12.5. The zero-order valence-electron chi connectivity index (χ0n) is 10.1. The summed E-state index contributed by atoms with van der Waals surface area (Å²) >= 11 is 0. The molecule has 0 spiro atoms. The maximum Gasteiger partial charge on any atom is 0.222 e. The molecular formula is C12H24N2O. The van der Waals surface area contributed by atoms with Crippen LogP contribution in [0.25, 0.3) is 0 Å². The van der Waals surface area contributed by atoms with Crippen LogP contribution in [0.2, 0.25) is 0 Å². The molecule has 0 radical (unpaired) electrons. The number of carbonyl (C=O) groups is 1. The number of hydrogen-bond donors (Lipinski definition) is 1. The average Bonchev–Trinajstić information content (AvgIpc) is 2.29. The van der Waals surface area contributed by atoms with Crippen molar-refractivity contribution in [2.75, 3.05) is 19.6 Å². The lowest BCUT2D eigenvalue weighted by molar-refractivity contribution is -0.131. The highest BCUT2D eigenvalue weighted by molar-refractivity contribution is 5.76. The Morgan fingerprint density at radius 1 is 1.33 bits per heavy atom. The van der Waals surface area contributed by atoms with Gasteiger partial charge in [-0.15, -0.1) is 0 Å². The van der Waals surface area contributed by atoms with Gasteiger partial charge in [0.15, 0.2) is 0 Å². The van der Waals surface area contributed by atoms with Crippen molar-refractivity contribution < 1.29 is 4.79 Å². The van der Waals surface area contributed by atoms with E-state index < -0.39 is 0 Å². The molecule has 1 aliphatic heterocycles. The minimum absolute atomic E-state index is 0.312. The molecule has 88 valence electrons. The Balaban J connectivity index is 2.20. The molecule has 3 heteroatoms. The predicted octanol–water partition coefficient (Wildman–Crippen LogP) is 1.78. The second-order valence-corrected chi connectivity index (χ2v) is 4.25. The van der Waals surface area contributed by atoms with Crippen LogP contribution < -0.4 is 5.32 Å². The van der Waals surface area contributed by atoms with E-state index in [1.165, 1.54) is 19.3 Å². The lowest BCUT2D eigenvalue weighted by atomic mass is 10.0. The molecular weight excluding hydrogens is 188 g/mol. The van der Waals surface area contributed by atoms with E-state index in [0.29, 0.717) is 18.4 Å². The minimum Gasteiger partial charge on any atom is -0.343 e. The summed E-state index contributed by atoms with van der Waals surface area (Å²) in [4.78, 5) is 13.7. The quantitative estimate of drug-likeness (QED) is 0.753. The van der Waals surface area contributed by atoms with Crippen LogP contribution in [-0.2, 0) is 4.79 Å². The van der Waals surface area contributed by atoms with Gasteiger partial charge in [-0.1, -0.05) is 6.42 Å². The van der Waals surface area contributed by atoms with E-state index in [2.05, 4.69) is 5.32 Å². The number of amides is 1. The van der Waals surface area contributed by atoms with Gasteiger partial charge < -0.3 is 10.2 Å². The molecule has 1 saturated heterocycles. The summed E-state index contributed by atoms with van der Waals surface area (Å²) in [6, 6.07) is 0.582. The van der Waals surface area contributed by atoms with E-state index in [1.54, 1.807) is 0 Å². The van der Waals surface area contributed by atoms with Gasteiger partial charge >= 0.3 is 0 Å². The molecule has 1 N–H and O–H groups in total. The van der Waals surface area contributed by atoms with E-state index in [-0.39, 0.29) is 0 Å². The SMILES string of the molecule is CCN(CC)C(=O)CCC1CCCCN1. The van der Waals surface area contributed by atoms with Gasteiger partial charge in [-0.3, -0.25) is 4.79 Å². The van der Waals surface area contributed by atoms with Crippen molar-refractivity contribution >= 4 is 5.91 Å². The van der Waals surface area contributed by atoms with Crippen LogP contribution in [-0.4, -0.2) is 36.5 Å². The molecule has 1 heterocycles. The van der Waals surface area contributed by atoms with Crippen LogP contribution in [0.3, 0.4) is 0 Å². The van der Waals surface area contributed by atoms with Crippen LogP contribution in [0.4, 0.5) is 0 Å². The maximum absolute atomic E-state index is 11.7. The number of piperidine rings is 1. The van der Waals surface area contributed by atoms with Crippen LogP contribution in [0.15, 0.2) is 0 Å². The third kappa shape index (κ3) is 4.20. The molecule has 1 unspecified atom stereocenters. The topological polar surface area (TPSA) is 32.3 Å². The lowest BCUT2D eigenvalue weighted by Gasteiger charge is -2.24. The third-order valence-corrected chi connectivity index (χ3v) is 3.24. The monoisotopic (exact) mass is 212 g/mol. The van der Waals surface area contributed by atoms with Crippen molar-refractivity contribution in [1.82, 2.24) is 10.2 Å². The molecule has 0 aromatic carbocycles. The van der Waals surface area contributed by atoms with E-state index in [0.717, 1.165) is 26.1 Å². The van der Waals surface area contributed by atoms with Crippen molar-refractivity contribution in [2.45, 2.75) is 52.0 Å². The average molecular weight is 212 g/mol. The Kier molecular flexibility index (Phi) is 5.69. The number of hydrogen-bond acceptors (Lipinski definition) is 2. The van der Waals surface area contributed by atoms with Crippen molar-refractivity contribution in [3.63, 3.8) is 0 Å². The van der Waals surface area contributed by atoms with Crippen molar-refractivity contribution in [3.05, 3.63) is 0 Å². The fraction of sp³-hybridized carbons (Fsp3) is 0.917. The summed E-state index contributed by atoms with van der Waals surface area (Å²) in [6.07, 6.45) is 5.57. The molecule has 1 aliphatic rings. The van der Waals surface area contributed by atoms with E-state index in [9.17, 15) is 4.79 Å². The summed E-state index contributed by atoms with van der Waals surface area (Å²) in [6.45, 7) is 6.89. The van der Waals surface area contributed by atoms with Crippen molar-refractivity contribution in [2.24, 2.45) is 0 Å². The second kappa shape index (κ2) is 6.83. The van der Waals surface area contributed by atoms with Crippen molar-refractivity contribution in [1.29, 1.82) is 0 Å². The summed E-state index contributed by atoms with van der Waals surface area (Å²) in [5, 5.41) is 3.48. The fourth-order valence-corrected chi connectivity index (χ4v) is 2.20. The standard InChI is InChI=1S/C12H24N2O/c1-3-14(4-2)12(15)9-8-11-7-5-6-10-13-11/h11,13H,3-10H2,1-2H3. The molecule has 3 nitrogen and oxygen atoms in total. The Morgan fingerprint density at radius 3 is 2.60 bits per heavy atom. The Bertz CT molecular complexity index is 184. The first-order chi connectivity index (χ1) is 7.27. The molecule has 0 aliphatic carbocycles. The normalized spacial score (nSPS) is 21.3. The lowest BCUT2D eigenvalue weighted by Crippen LogP contribution is -2.36. The van der Waals surface area contributed by atoms with Crippen LogP contribution in [0.1, 0.15) is 46.0 Å². The summed E-state index contributed by atoms with van der Waals surface area (Å²) in [5.41, 5.74) is 0. The van der Waals surface area contributed by atoms with Gasteiger partial charge in [0.05, 0.1) is 0 Å². The highest BCUT2D eigenvalue weighted by Gasteiger charge is 2.15. The first-order valence-corrected chi connectivity index (χ1v) is 6.29. The van der Waals surface area contributed by atoms with E-state index in [1.807, 2.05) is 18.7 Å². The van der Waals surface area contributed by atoms with E-state index in [4.69, 9.17) is 0 Å². The van der Waals surface area contributed by atoms with Gasteiger partial charge in [-0.25, -0.2) is 0 Å².